The van der Waals surface area contributed by atoms with E-state index in [0.29, 0.717) is 11.5 Å². The molecule has 13 heavy (non-hydrogen) atoms. The molecule has 2 aromatic heterocycles. The second kappa shape index (κ2) is 3.36. The van der Waals surface area contributed by atoms with Crippen molar-refractivity contribution < 1.29 is 9.84 Å². The van der Waals surface area contributed by atoms with Crippen LogP contribution in [0.2, 0.25) is 0 Å². The molecule has 2 aromatic rings. The second-order valence-corrected chi connectivity index (χ2v) is 2.38. The lowest BCUT2D eigenvalue weighted by Crippen LogP contribution is -2.03. The van der Waals surface area contributed by atoms with Crippen molar-refractivity contribution in [3.05, 3.63) is 12.5 Å². The van der Waals surface area contributed by atoms with Gasteiger partial charge < -0.3 is 9.84 Å². The van der Waals surface area contributed by atoms with E-state index >= 15 is 0 Å². The summed E-state index contributed by atoms with van der Waals surface area (Å²) in [5.74, 6) is 0.438. The SMILES string of the molecule is OCCOc1ncnc2[nH]ncc12. The summed E-state index contributed by atoms with van der Waals surface area (Å²) in [6.07, 6.45) is 2.97. The molecule has 0 saturated carbocycles. The first-order valence-electron chi connectivity index (χ1n) is 3.79. The predicted molar refractivity (Wildman–Crippen MR) is 44.3 cm³/mol. The van der Waals surface area contributed by atoms with Crippen LogP contribution in [0.25, 0.3) is 11.0 Å². The Morgan fingerprint density at radius 1 is 1.46 bits per heavy atom. The van der Waals surface area contributed by atoms with Crippen LogP contribution in [-0.4, -0.2) is 38.5 Å². The lowest BCUT2D eigenvalue weighted by atomic mass is 10.4. The number of ether oxygens (including phenoxy) is 1. The topological polar surface area (TPSA) is 83.9 Å². The Morgan fingerprint density at radius 3 is 3.23 bits per heavy atom. The van der Waals surface area contributed by atoms with Crippen LogP contribution in [0.3, 0.4) is 0 Å². The van der Waals surface area contributed by atoms with E-state index in [-0.39, 0.29) is 13.2 Å². The molecule has 6 nitrogen and oxygen atoms in total. The molecule has 2 N–H and O–H groups in total. The van der Waals surface area contributed by atoms with Crippen LogP contribution in [0.4, 0.5) is 0 Å². The van der Waals surface area contributed by atoms with Gasteiger partial charge in [0.2, 0.25) is 5.88 Å². The summed E-state index contributed by atoms with van der Waals surface area (Å²) in [6.45, 7) is 0.181. The Hall–Kier alpha value is -1.69. The minimum absolute atomic E-state index is 0.0383. The summed E-state index contributed by atoms with van der Waals surface area (Å²) in [7, 11) is 0. The average molecular weight is 180 g/mol. The van der Waals surface area contributed by atoms with Crippen LogP contribution in [-0.2, 0) is 0 Å². The van der Waals surface area contributed by atoms with Crippen molar-refractivity contribution >= 4 is 11.0 Å². The van der Waals surface area contributed by atoms with Crippen LogP contribution in [0.5, 0.6) is 5.88 Å². The highest BCUT2D eigenvalue weighted by molar-refractivity contribution is 5.78. The number of aromatic amines is 1. The second-order valence-electron chi connectivity index (χ2n) is 2.38. The fourth-order valence-corrected chi connectivity index (χ4v) is 1.00. The lowest BCUT2D eigenvalue weighted by Gasteiger charge is -2.01. The van der Waals surface area contributed by atoms with Gasteiger partial charge in [-0.1, -0.05) is 0 Å². The molecule has 0 unspecified atom stereocenters. The number of hydrogen-bond acceptors (Lipinski definition) is 5. The van der Waals surface area contributed by atoms with Gasteiger partial charge in [0.05, 0.1) is 12.8 Å². The van der Waals surface area contributed by atoms with E-state index in [2.05, 4.69) is 20.2 Å². The molecule has 0 aliphatic rings. The zero-order valence-electron chi connectivity index (χ0n) is 6.77. The molecule has 6 heteroatoms. The standard InChI is InChI=1S/C7H8N4O2/c12-1-2-13-7-5-3-10-11-6(5)8-4-9-7/h3-4,12H,1-2H2,(H,8,9,10,11). The van der Waals surface area contributed by atoms with Gasteiger partial charge in [0.25, 0.3) is 0 Å². The van der Waals surface area contributed by atoms with Gasteiger partial charge in [0.15, 0.2) is 5.65 Å². The van der Waals surface area contributed by atoms with Crippen LogP contribution in [0.1, 0.15) is 0 Å². The van der Waals surface area contributed by atoms with Crippen LogP contribution in [0.15, 0.2) is 12.5 Å². The van der Waals surface area contributed by atoms with E-state index in [1.54, 1.807) is 6.20 Å². The number of aromatic nitrogens is 4. The molecule has 0 atom stereocenters. The largest absolute Gasteiger partial charge is 0.475 e. The maximum Gasteiger partial charge on any atom is 0.227 e. The predicted octanol–water partition coefficient (Wildman–Crippen LogP) is -0.276. The van der Waals surface area contributed by atoms with E-state index in [0.717, 1.165) is 5.39 Å². The van der Waals surface area contributed by atoms with Crippen molar-refractivity contribution in [3.8, 4) is 5.88 Å². The average Bonchev–Trinajstić information content (AvgIpc) is 2.62. The molecule has 2 rings (SSSR count). The van der Waals surface area contributed by atoms with Crippen LogP contribution < -0.4 is 4.74 Å². The van der Waals surface area contributed by atoms with Crippen molar-refractivity contribution in [2.75, 3.05) is 13.2 Å². The molecule has 68 valence electrons. The molecule has 0 aliphatic heterocycles. The van der Waals surface area contributed by atoms with Gasteiger partial charge in [-0.2, -0.15) is 5.10 Å². The smallest absolute Gasteiger partial charge is 0.227 e. The fourth-order valence-electron chi connectivity index (χ4n) is 1.00. The van der Waals surface area contributed by atoms with Gasteiger partial charge in [-0.3, -0.25) is 5.10 Å². The third-order valence-electron chi connectivity index (χ3n) is 1.54. The van der Waals surface area contributed by atoms with Crippen LogP contribution >= 0.6 is 0 Å². The summed E-state index contributed by atoms with van der Waals surface area (Å²) >= 11 is 0. The number of H-pyrrole nitrogens is 1. The Kier molecular flexibility index (Phi) is 2.05. The molecule has 0 amide bonds. The minimum Gasteiger partial charge on any atom is -0.475 e. The molecule has 0 bridgehead atoms. The molecule has 0 aromatic carbocycles. The van der Waals surface area contributed by atoms with Crippen molar-refractivity contribution in [2.24, 2.45) is 0 Å². The first-order chi connectivity index (χ1) is 6.42. The van der Waals surface area contributed by atoms with Gasteiger partial charge in [-0.15, -0.1) is 0 Å². The molecule has 0 aliphatic carbocycles. The van der Waals surface area contributed by atoms with E-state index < -0.39 is 0 Å². The van der Waals surface area contributed by atoms with E-state index in [1.807, 2.05) is 0 Å². The number of aliphatic hydroxyl groups excluding tert-OH is 1. The normalized spacial score (nSPS) is 10.5. The first-order valence-corrected chi connectivity index (χ1v) is 3.79. The summed E-state index contributed by atoms with van der Waals surface area (Å²) in [4.78, 5) is 7.85. The van der Waals surface area contributed by atoms with Gasteiger partial charge in [0.1, 0.15) is 18.3 Å². The monoisotopic (exact) mass is 180 g/mol. The molecule has 0 saturated heterocycles. The number of hydrogen-bond donors (Lipinski definition) is 2. The maximum absolute atomic E-state index is 8.56. The highest BCUT2D eigenvalue weighted by atomic mass is 16.5. The number of nitrogens with one attached hydrogen (secondary N) is 1. The number of aliphatic hydroxyl groups is 1. The zero-order valence-corrected chi connectivity index (χ0v) is 6.77. The summed E-state index contributed by atoms with van der Waals surface area (Å²) in [5, 5.41) is 15.8. The Labute approximate surface area is 73.6 Å². The van der Waals surface area contributed by atoms with Crippen molar-refractivity contribution in [1.82, 2.24) is 20.2 Å². The summed E-state index contributed by atoms with van der Waals surface area (Å²) < 4.78 is 5.17. The molecule has 0 radical (unpaired) electrons. The number of nitrogens with zero attached hydrogens (tertiary/aromatic N) is 3. The van der Waals surface area contributed by atoms with Crippen LogP contribution in [0, 0.1) is 0 Å². The fraction of sp³-hybridized carbons (Fsp3) is 0.286. The third-order valence-corrected chi connectivity index (χ3v) is 1.54. The quantitative estimate of drug-likeness (QED) is 0.678. The van der Waals surface area contributed by atoms with Crippen molar-refractivity contribution in [3.63, 3.8) is 0 Å². The Morgan fingerprint density at radius 2 is 2.38 bits per heavy atom. The third kappa shape index (κ3) is 1.43. The summed E-state index contributed by atoms with van der Waals surface area (Å²) in [5.41, 5.74) is 0.628. The molecular weight excluding hydrogens is 172 g/mol. The Balaban J connectivity index is 2.37. The number of fused-ring (bicyclic) bond motifs is 1. The number of rotatable bonds is 3. The van der Waals surface area contributed by atoms with Crippen molar-refractivity contribution in [1.29, 1.82) is 0 Å². The van der Waals surface area contributed by atoms with Crippen molar-refractivity contribution in [2.45, 2.75) is 0 Å². The van der Waals surface area contributed by atoms with E-state index in [1.165, 1.54) is 6.33 Å². The van der Waals surface area contributed by atoms with Gasteiger partial charge in [-0.05, 0) is 0 Å². The van der Waals surface area contributed by atoms with E-state index in [4.69, 9.17) is 9.84 Å². The lowest BCUT2D eigenvalue weighted by molar-refractivity contribution is 0.198. The van der Waals surface area contributed by atoms with Gasteiger partial charge >= 0.3 is 0 Å². The van der Waals surface area contributed by atoms with E-state index in [9.17, 15) is 0 Å². The molecular formula is C7H8N4O2. The maximum atomic E-state index is 8.56. The summed E-state index contributed by atoms with van der Waals surface area (Å²) in [6, 6.07) is 0. The zero-order chi connectivity index (χ0) is 9.10. The highest BCUT2D eigenvalue weighted by Gasteiger charge is 2.05. The first kappa shape index (κ1) is 7.93. The highest BCUT2D eigenvalue weighted by Crippen LogP contribution is 2.17. The Bertz CT molecular complexity index is 400. The molecule has 0 fully saturated rings. The van der Waals surface area contributed by atoms with Gasteiger partial charge in [-0.25, -0.2) is 9.97 Å². The van der Waals surface area contributed by atoms with Gasteiger partial charge in [0, 0.05) is 0 Å². The molecule has 2 heterocycles. The molecule has 0 spiro atoms. The minimum atomic E-state index is -0.0383.